The Hall–Kier alpha value is -1.33. The summed E-state index contributed by atoms with van der Waals surface area (Å²) in [4.78, 5) is 13.0. The number of rotatable bonds is 2. The molecule has 1 aromatic rings. The van der Waals surface area contributed by atoms with Gasteiger partial charge in [-0.05, 0) is 61.0 Å². The summed E-state index contributed by atoms with van der Waals surface area (Å²) in [5.74, 6) is 2.76. The molecule has 3 aliphatic carbocycles. The highest BCUT2D eigenvalue weighted by atomic mass is 16.7. The molecule has 1 aromatic heterocycles. The van der Waals surface area contributed by atoms with E-state index in [9.17, 15) is 4.79 Å². The monoisotopic (exact) mass is 374 g/mol. The quantitative estimate of drug-likeness (QED) is 0.735. The van der Waals surface area contributed by atoms with E-state index in [-0.39, 0.29) is 23.6 Å². The number of carbonyl (C=O) groups is 1. The molecule has 0 amide bonds. The molecule has 4 aliphatic rings. The van der Waals surface area contributed by atoms with E-state index < -0.39 is 5.41 Å². The lowest BCUT2D eigenvalue weighted by Crippen LogP contribution is -2.68. The fourth-order valence-corrected chi connectivity index (χ4v) is 7.62. The van der Waals surface area contributed by atoms with Gasteiger partial charge in [-0.15, -0.1) is 0 Å². The smallest absolute Gasteiger partial charge is 0.314 e. The molecule has 0 radical (unpaired) electrons. The molecule has 2 heterocycles. The zero-order valence-electron chi connectivity index (χ0n) is 16.5. The molecule has 5 nitrogen and oxygen atoms in total. The summed E-state index contributed by atoms with van der Waals surface area (Å²) in [7, 11) is 3.27. The largest absolute Gasteiger partial charge is 0.469 e. The SMILES string of the molecule is COC(=O)[C@@]12CCCC3([C@H](OC)OC1)[C@H]2CC[C@H]1[C@@H](C)c2ccoc2C[C@@H]13. The van der Waals surface area contributed by atoms with Crippen LogP contribution in [-0.2, 0) is 25.4 Å². The molecule has 2 bridgehead atoms. The third kappa shape index (κ3) is 2.10. The van der Waals surface area contributed by atoms with Gasteiger partial charge in [0.15, 0.2) is 6.29 Å². The fraction of sp³-hybridized carbons (Fsp3) is 0.773. The topological polar surface area (TPSA) is 57.9 Å². The molecule has 5 rings (SSSR count). The van der Waals surface area contributed by atoms with Crippen molar-refractivity contribution in [3.05, 3.63) is 23.7 Å². The van der Waals surface area contributed by atoms with Crippen molar-refractivity contribution < 1.29 is 23.4 Å². The molecule has 1 aliphatic heterocycles. The molecular formula is C22H30O5. The second kappa shape index (κ2) is 6.08. The summed E-state index contributed by atoms with van der Waals surface area (Å²) < 4.78 is 23.4. The van der Waals surface area contributed by atoms with Crippen molar-refractivity contribution in [2.24, 2.45) is 28.6 Å². The van der Waals surface area contributed by atoms with Gasteiger partial charge in [-0.1, -0.05) is 13.3 Å². The van der Waals surface area contributed by atoms with Crippen LogP contribution in [0.5, 0.6) is 0 Å². The lowest BCUT2D eigenvalue weighted by Gasteiger charge is -2.66. The van der Waals surface area contributed by atoms with Crippen molar-refractivity contribution in [1.29, 1.82) is 0 Å². The summed E-state index contributed by atoms with van der Waals surface area (Å²) in [6, 6.07) is 2.14. The highest BCUT2D eigenvalue weighted by Gasteiger charge is 2.70. The molecule has 0 N–H and O–H groups in total. The Morgan fingerprint density at radius 3 is 2.89 bits per heavy atom. The van der Waals surface area contributed by atoms with Gasteiger partial charge in [0.25, 0.3) is 0 Å². The van der Waals surface area contributed by atoms with Gasteiger partial charge in [0, 0.05) is 18.9 Å². The second-order valence-corrected chi connectivity index (χ2v) is 9.18. The van der Waals surface area contributed by atoms with E-state index in [1.54, 1.807) is 7.11 Å². The Labute approximate surface area is 160 Å². The molecule has 27 heavy (non-hydrogen) atoms. The van der Waals surface area contributed by atoms with Crippen LogP contribution in [0, 0.1) is 28.6 Å². The van der Waals surface area contributed by atoms with E-state index in [0.29, 0.717) is 24.4 Å². The molecule has 5 heteroatoms. The van der Waals surface area contributed by atoms with E-state index in [0.717, 1.165) is 44.3 Å². The molecule has 3 fully saturated rings. The van der Waals surface area contributed by atoms with Gasteiger partial charge in [-0.3, -0.25) is 4.79 Å². The van der Waals surface area contributed by atoms with Crippen LogP contribution in [0.15, 0.2) is 16.7 Å². The fourth-order valence-electron chi connectivity index (χ4n) is 7.62. The number of furan rings is 1. The predicted molar refractivity (Wildman–Crippen MR) is 98.0 cm³/mol. The Morgan fingerprint density at radius 1 is 1.26 bits per heavy atom. The third-order valence-electron chi connectivity index (χ3n) is 8.60. The van der Waals surface area contributed by atoms with Crippen molar-refractivity contribution in [2.45, 2.75) is 57.7 Å². The van der Waals surface area contributed by atoms with E-state index in [4.69, 9.17) is 18.6 Å². The molecule has 0 aromatic carbocycles. The lowest BCUT2D eigenvalue weighted by atomic mass is 9.41. The molecular weight excluding hydrogens is 344 g/mol. The van der Waals surface area contributed by atoms with E-state index in [2.05, 4.69) is 13.0 Å². The molecule has 7 atom stereocenters. The standard InChI is InChI=1S/C22H30O5/c1-13-14-5-6-18-21(19(23)24-2)8-4-9-22(18,20(25-3)27-12-21)16(14)11-17-15(13)7-10-26-17/h7,10,13-14,16,18,20H,4-6,8-9,11-12H2,1-3H3/t13-,14+,16+,18+,20-,21+,22?/m1/s1. The van der Waals surface area contributed by atoms with Gasteiger partial charge in [0.2, 0.25) is 0 Å². The first kappa shape index (κ1) is 17.7. The van der Waals surface area contributed by atoms with Gasteiger partial charge < -0.3 is 18.6 Å². The van der Waals surface area contributed by atoms with Crippen molar-refractivity contribution in [3.63, 3.8) is 0 Å². The Morgan fingerprint density at radius 2 is 2.11 bits per heavy atom. The first-order chi connectivity index (χ1) is 13.1. The third-order valence-corrected chi connectivity index (χ3v) is 8.60. The van der Waals surface area contributed by atoms with Crippen LogP contribution in [0.3, 0.4) is 0 Å². The van der Waals surface area contributed by atoms with E-state index >= 15 is 0 Å². The van der Waals surface area contributed by atoms with Crippen LogP contribution in [0.1, 0.15) is 56.3 Å². The summed E-state index contributed by atoms with van der Waals surface area (Å²) in [5, 5.41) is 0. The van der Waals surface area contributed by atoms with Crippen LogP contribution in [0.25, 0.3) is 0 Å². The minimum atomic E-state index is -0.514. The van der Waals surface area contributed by atoms with Crippen molar-refractivity contribution in [2.75, 3.05) is 20.8 Å². The van der Waals surface area contributed by atoms with Crippen LogP contribution in [-0.4, -0.2) is 33.1 Å². The van der Waals surface area contributed by atoms with Crippen LogP contribution < -0.4 is 0 Å². The molecule has 148 valence electrons. The van der Waals surface area contributed by atoms with Crippen molar-refractivity contribution in [3.8, 4) is 0 Å². The average Bonchev–Trinajstić information content (AvgIpc) is 3.16. The number of methoxy groups -OCH3 is 2. The number of fused-ring (bicyclic) bond motifs is 2. The average molecular weight is 374 g/mol. The molecule has 0 spiro atoms. The van der Waals surface area contributed by atoms with Crippen molar-refractivity contribution >= 4 is 5.97 Å². The summed E-state index contributed by atoms with van der Waals surface area (Å²) in [6.45, 7) is 2.76. The minimum absolute atomic E-state index is 0.0906. The lowest BCUT2D eigenvalue weighted by molar-refractivity contribution is -0.326. The first-order valence-electron chi connectivity index (χ1n) is 10.4. The van der Waals surface area contributed by atoms with Gasteiger partial charge in [-0.2, -0.15) is 0 Å². The molecule has 1 saturated heterocycles. The normalized spacial score (nSPS) is 45.4. The highest BCUT2D eigenvalue weighted by Crippen LogP contribution is 2.69. The van der Waals surface area contributed by atoms with Gasteiger partial charge in [0.05, 0.1) is 25.4 Å². The predicted octanol–water partition coefficient (Wildman–Crippen LogP) is 3.91. The maximum Gasteiger partial charge on any atom is 0.314 e. The minimum Gasteiger partial charge on any atom is -0.469 e. The number of hydrogen-bond donors (Lipinski definition) is 0. The van der Waals surface area contributed by atoms with Crippen LogP contribution in [0.2, 0.25) is 0 Å². The number of esters is 1. The molecule has 1 unspecified atom stereocenters. The Bertz CT molecular complexity index is 741. The van der Waals surface area contributed by atoms with Crippen LogP contribution in [0.4, 0.5) is 0 Å². The number of ether oxygens (including phenoxy) is 3. The number of carbonyl (C=O) groups excluding carboxylic acids is 1. The Balaban J connectivity index is 1.64. The van der Waals surface area contributed by atoms with Gasteiger partial charge in [-0.25, -0.2) is 0 Å². The summed E-state index contributed by atoms with van der Waals surface area (Å²) in [6.07, 6.45) is 7.65. The zero-order chi connectivity index (χ0) is 18.8. The van der Waals surface area contributed by atoms with Gasteiger partial charge >= 0.3 is 5.97 Å². The van der Waals surface area contributed by atoms with E-state index in [1.165, 1.54) is 12.7 Å². The zero-order valence-corrected chi connectivity index (χ0v) is 16.5. The number of hydrogen-bond acceptors (Lipinski definition) is 5. The van der Waals surface area contributed by atoms with Gasteiger partial charge in [0.1, 0.15) is 5.76 Å². The van der Waals surface area contributed by atoms with Crippen molar-refractivity contribution in [1.82, 2.24) is 0 Å². The summed E-state index contributed by atoms with van der Waals surface area (Å²) in [5.41, 5.74) is 0.715. The second-order valence-electron chi connectivity index (χ2n) is 9.18. The Kier molecular flexibility index (Phi) is 4.00. The highest BCUT2D eigenvalue weighted by molar-refractivity contribution is 5.78. The van der Waals surface area contributed by atoms with Crippen LogP contribution >= 0.6 is 0 Å². The first-order valence-corrected chi connectivity index (χ1v) is 10.4. The maximum absolute atomic E-state index is 13.0. The maximum atomic E-state index is 13.0. The summed E-state index contributed by atoms with van der Waals surface area (Å²) >= 11 is 0. The van der Waals surface area contributed by atoms with E-state index in [1.807, 2.05) is 6.26 Å². The molecule has 2 saturated carbocycles.